The van der Waals surface area contributed by atoms with Crippen molar-refractivity contribution in [2.45, 2.75) is 11.4 Å². The van der Waals surface area contributed by atoms with Gasteiger partial charge in [0.2, 0.25) is 0 Å². The molecule has 2 rings (SSSR count). The molecule has 0 saturated carbocycles. The normalized spacial score (nSPS) is 11.7. The fourth-order valence-corrected chi connectivity index (χ4v) is 3.04. The largest absolute Gasteiger partial charge is 0.314 e. The fourth-order valence-electron chi connectivity index (χ4n) is 1.72. The van der Waals surface area contributed by atoms with E-state index in [0.29, 0.717) is 29.6 Å². The summed E-state index contributed by atoms with van der Waals surface area (Å²) >= 11 is 5.74. The Labute approximate surface area is 123 Å². The molecule has 0 bridgehead atoms. The van der Waals surface area contributed by atoms with Crippen LogP contribution in [0.1, 0.15) is 0 Å². The maximum atomic E-state index is 12.0. The van der Waals surface area contributed by atoms with E-state index in [0.717, 1.165) is 0 Å². The minimum absolute atomic E-state index is 0.0632. The number of nitrogens with one attached hydrogen (secondary N) is 1. The van der Waals surface area contributed by atoms with Crippen molar-refractivity contribution < 1.29 is 8.42 Å². The quantitative estimate of drug-likeness (QED) is 0.789. The minimum Gasteiger partial charge on any atom is -0.314 e. The number of hydrogen-bond acceptors (Lipinski definition) is 4. The van der Waals surface area contributed by atoms with E-state index in [1.165, 1.54) is 12.1 Å². The summed E-state index contributed by atoms with van der Waals surface area (Å²) in [6.07, 6.45) is 3.58. The van der Waals surface area contributed by atoms with Crippen LogP contribution in [0, 0.1) is 0 Å². The van der Waals surface area contributed by atoms with E-state index in [9.17, 15) is 8.42 Å². The van der Waals surface area contributed by atoms with Gasteiger partial charge in [0.15, 0.2) is 9.84 Å². The molecule has 1 heterocycles. The van der Waals surface area contributed by atoms with Gasteiger partial charge < -0.3 is 5.32 Å². The van der Waals surface area contributed by atoms with Crippen molar-refractivity contribution in [2.75, 3.05) is 18.8 Å². The molecule has 2 aromatic rings. The number of halogens is 1. The summed E-state index contributed by atoms with van der Waals surface area (Å²) in [7, 11) is -3.25. The SMILES string of the molecule is O=S(=O)(CCNCCn1cccn1)c1ccc(Cl)cc1. The van der Waals surface area contributed by atoms with Crippen LogP contribution in [-0.4, -0.2) is 37.0 Å². The number of nitrogens with zero attached hydrogens (tertiary/aromatic N) is 2. The first-order chi connectivity index (χ1) is 9.58. The van der Waals surface area contributed by atoms with Crippen LogP contribution in [0.15, 0.2) is 47.6 Å². The standard InChI is InChI=1S/C13H16ClN3O2S/c14-12-2-4-13(5-3-12)20(18,19)11-8-15-7-10-17-9-1-6-16-17/h1-6,9,15H,7-8,10-11H2. The van der Waals surface area contributed by atoms with Crippen LogP contribution in [0.3, 0.4) is 0 Å². The zero-order valence-electron chi connectivity index (χ0n) is 10.9. The van der Waals surface area contributed by atoms with Crippen LogP contribution in [0.2, 0.25) is 5.02 Å². The van der Waals surface area contributed by atoms with Crippen molar-refractivity contribution in [2.24, 2.45) is 0 Å². The molecule has 1 N–H and O–H groups in total. The van der Waals surface area contributed by atoms with Gasteiger partial charge in [-0.05, 0) is 30.3 Å². The maximum Gasteiger partial charge on any atom is 0.179 e. The summed E-state index contributed by atoms with van der Waals surface area (Å²) in [4.78, 5) is 0.302. The molecule has 1 aromatic heterocycles. The Morgan fingerprint density at radius 3 is 2.60 bits per heavy atom. The van der Waals surface area contributed by atoms with E-state index in [4.69, 9.17) is 11.6 Å². The first kappa shape index (κ1) is 15.0. The molecular weight excluding hydrogens is 298 g/mol. The first-order valence-corrected chi connectivity index (χ1v) is 8.27. The summed E-state index contributed by atoms with van der Waals surface area (Å²) in [6.45, 7) is 1.80. The maximum absolute atomic E-state index is 12.0. The monoisotopic (exact) mass is 313 g/mol. The van der Waals surface area contributed by atoms with Gasteiger partial charge in [-0.15, -0.1) is 0 Å². The van der Waals surface area contributed by atoms with Crippen LogP contribution in [-0.2, 0) is 16.4 Å². The summed E-state index contributed by atoms with van der Waals surface area (Å²) < 4.78 is 25.9. The molecule has 5 nitrogen and oxygen atoms in total. The Kier molecular flexibility index (Phi) is 5.17. The van der Waals surface area contributed by atoms with Gasteiger partial charge in [-0.25, -0.2) is 8.42 Å². The second-order valence-electron chi connectivity index (χ2n) is 4.29. The molecule has 7 heteroatoms. The van der Waals surface area contributed by atoms with Crippen molar-refractivity contribution in [1.29, 1.82) is 0 Å². The molecule has 0 aliphatic rings. The third-order valence-corrected chi connectivity index (χ3v) is 4.78. The highest BCUT2D eigenvalue weighted by atomic mass is 35.5. The van der Waals surface area contributed by atoms with E-state index in [2.05, 4.69) is 10.4 Å². The molecule has 0 unspecified atom stereocenters. The van der Waals surface area contributed by atoms with Crippen LogP contribution < -0.4 is 5.32 Å². The van der Waals surface area contributed by atoms with Gasteiger partial charge in [0.1, 0.15) is 0 Å². The Hall–Kier alpha value is -1.37. The topological polar surface area (TPSA) is 64.0 Å². The zero-order valence-corrected chi connectivity index (χ0v) is 12.4. The molecule has 0 amide bonds. The molecule has 1 aromatic carbocycles. The highest BCUT2D eigenvalue weighted by Crippen LogP contribution is 2.14. The van der Waals surface area contributed by atoms with Gasteiger partial charge in [-0.2, -0.15) is 5.10 Å². The van der Waals surface area contributed by atoms with E-state index < -0.39 is 9.84 Å². The average molecular weight is 314 g/mol. The Morgan fingerprint density at radius 1 is 1.20 bits per heavy atom. The number of benzene rings is 1. The van der Waals surface area contributed by atoms with Crippen molar-refractivity contribution in [3.05, 3.63) is 47.7 Å². The van der Waals surface area contributed by atoms with Gasteiger partial charge in [-0.1, -0.05) is 11.6 Å². The van der Waals surface area contributed by atoms with Crippen molar-refractivity contribution in [3.63, 3.8) is 0 Å². The molecule has 0 aliphatic carbocycles. The van der Waals surface area contributed by atoms with Crippen LogP contribution in [0.5, 0.6) is 0 Å². The van der Waals surface area contributed by atoms with Crippen molar-refractivity contribution in [1.82, 2.24) is 15.1 Å². The molecule has 0 spiro atoms. The summed E-state index contributed by atoms with van der Waals surface area (Å²) in [5.74, 6) is 0.0632. The zero-order chi connectivity index (χ0) is 14.4. The highest BCUT2D eigenvalue weighted by molar-refractivity contribution is 7.91. The van der Waals surface area contributed by atoms with Gasteiger partial charge in [-0.3, -0.25) is 4.68 Å². The van der Waals surface area contributed by atoms with Gasteiger partial charge in [0.25, 0.3) is 0 Å². The number of hydrogen-bond donors (Lipinski definition) is 1. The molecule has 0 fully saturated rings. The van der Waals surface area contributed by atoms with E-state index in [-0.39, 0.29) is 5.75 Å². The second-order valence-corrected chi connectivity index (χ2v) is 6.84. The summed E-state index contributed by atoms with van der Waals surface area (Å²) in [5.41, 5.74) is 0. The molecule has 20 heavy (non-hydrogen) atoms. The molecule has 0 atom stereocenters. The lowest BCUT2D eigenvalue weighted by Crippen LogP contribution is -2.26. The molecule has 108 valence electrons. The first-order valence-electron chi connectivity index (χ1n) is 6.24. The van der Waals surface area contributed by atoms with Gasteiger partial charge >= 0.3 is 0 Å². The number of rotatable bonds is 7. The predicted molar refractivity (Wildman–Crippen MR) is 78.6 cm³/mol. The Balaban J connectivity index is 1.76. The van der Waals surface area contributed by atoms with Crippen molar-refractivity contribution >= 4 is 21.4 Å². The summed E-state index contributed by atoms with van der Waals surface area (Å²) in [6, 6.07) is 8.08. The highest BCUT2D eigenvalue weighted by Gasteiger charge is 2.13. The third kappa shape index (κ3) is 4.33. The molecule has 0 radical (unpaired) electrons. The minimum atomic E-state index is -3.25. The lowest BCUT2D eigenvalue weighted by Gasteiger charge is -2.06. The average Bonchev–Trinajstić information content (AvgIpc) is 2.92. The molecule has 0 saturated heterocycles. The van der Waals surface area contributed by atoms with E-state index in [1.54, 1.807) is 23.0 Å². The molecule has 0 aliphatic heterocycles. The smallest absolute Gasteiger partial charge is 0.179 e. The second kappa shape index (κ2) is 6.88. The van der Waals surface area contributed by atoms with Crippen LogP contribution in [0.4, 0.5) is 0 Å². The Bertz CT molecular complexity index is 624. The fraction of sp³-hybridized carbons (Fsp3) is 0.308. The van der Waals surface area contributed by atoms with Gasteiger partial charge in [0.05, 0.1) is 17.2 Å². The Morgan fingerprint density at radius 2 is 1.95 bits per heavy atom. The summed E-state index contributed by atoms with van der Waals surface area (Å²) in [5, 5.41) is 7.69. The van der Waals surface area contributed by atoms with E-state index >= 15 is 0 Å². The van der Waals surface area contributed by atoms with E-state index in [1.807, 2.05) is 12.3 Å². The van der Waals surface area contributed by atoms with Crippen LogP contribution >= 0.6 is 11.6 Å². The number of sulfone groups is 1. The van der Waals surface area contributed by atoms with Gasteiger partial charge in [0, 0.05) is 30.5 Å². The lowest BCUT2D eigenvalue weighted by atomic mass is 10.4. The van der Waals surface area contributed by atoms with Crippen molar-refractivity contribution in [3.8, 4) is 0 Å². The third-order valence-electron chi connectivity index (χ3n) is 2.80. The predicted octanol–water partition coefficient (Wildman–Crippen LogP) is 1.60. The molecular formula is C13H16ClN3O2S. The number of aromatic nitrogens is 2. The lowest BCUT2D eigenvalue weighted by molar-refractivity contribution is 0.558. The van der Waals surface area contributed by atoms with Crippen LogP contribution in [0.25, 0.3) is 0 Å².